The fourth-order valence-corrected chi connectivity index (χ4v) is 3.80. The monoisotopic (exact) mass is 282 g/mol. The summed E-state index contributed by atoms with van der Waals surface area (Å²) in [6.07, 6.45) is 5.33. The first-order valence-electron chi connectivity index (χ1n) is 7.17. The van der Waals surface area contributed by atoms with E-state index in [1.807, 2.05) is 0 Å². The van der Waals surface area contributed by atoms with Gasteiger partial charge in [-0.25, -0.2) is 4.98 Å². The van der Waals surface area contributed by atoms with Gasteiger partial charge in [0.05, 0.1) is 0 Å². The normalized spacial score (nSPS) is 25.1. The Balaban J connectivity index is 1.63. The van der Waals surface area contributed by atoms with Gasteiger partial charge in [-0.2, -0.15) is 4.37 Å². The number of rotatable bonds is 4. The van der Waals surface area contributed by atoms with Gasteiger partial charge < -0.3 is 9.64 Å². The second-order valence-corrected chi connectivity index (χ2v) is 6.14. The largest absolute Gasteiger partial charge is 0.377 e. The van der Waals surface area contributed by atoms with E-state index in [4.69, 9.17) is 4.74 Å². The van der Waals surface area contributed by atoms with Crippen molar-refractivity contribution in [2.45, 2.75) is 38.3 Å². The van der Waals surface area contributed by atoms with Gasteiger partial charge in [0.1, 0.15) is 6.61 Å². The highest BCUT2D eigenvalue weighted by Crippen LogP contribution is 2.25. The minimum atomic E-state index is 0.514. The topological polar surface area (TPSA) is 41.5 Å². The number of piperidine rings is 1. The van der Waals surface area contributed by atoms with Crippen molar-refractivity contribution < 1.29 is 4.74 Å². The molecule has 0 bridgehead atoms. The Bertz CT molecular complexity index is 405. The molecule has 1 unspecified atom stereocenters. The second-order valence-electron chi connectivity index (χ2n) is 5.41. The Labute approximate surface area is 118 Å². The number of hydrogen-bond donors (Lipinski definition) is 0. The molecule has 106 valence electrons. The fourth-order valence-electron chi connectivity index (χ4n) is 3.09. The van der Waals surface area contributed by atoms with Crippen molar-refractivity contribution in [2.75, 3.05) is 38.2 Å². The van der Waals surface area contributed by atoms with Crippen molar-refractivity contribution in [1.29, 1.82) is 0 Å². The van der Waals surface area contributed by atoms with E-state index < -0.39 is 0 Å². The molecule has 0 aliphatic carbocycles. The van der Waals surface area contributed by atoms with Gasteiger partial charge in [-0.1, -0.05) is 0 Å². The molecule has 19 heavy (non-hydrogen) atoms. The molecule has 1 aromatic rings. The summed E-state index contributed by atoms with van der Waals surface area (Å²) in [5, 5.41) is 1.07. The summed E-state index contributed by atoms with van der Waals surface area (Å²) in [6.45, 7) is 5.31. The number of anilines is 1. The summed E-state index contributed by atoms with van der Waals surface area (Å²) >= 11 is 1.51. The molecular weight excluding hydrogens is 260 g/mol. The molecule has 6 heteroatoms. The zero-order chi connectivity index (χ0) is 13.1. The number of aromatic nitrogens is 2. The molecule has 0 aromatic carbocycles. The Hall–Kier alpha value is -0.720. The van der Waals surface area contributed by atoms with Crippen LogP contribution in [0.2, 0.25) is 0 Å². The zero-order valence-corrected chi connectivity index (χ0v) is 12.4. The van der Waals surface area contributed by atoms with Crippen LogP contribution in [0, 0.1) is 0 Å². The van der Waals surface area contributed by atoms with E-state index in [1.165, 1.54) is 50.3 Å². The molecule has 3 rings (SSSR count). The molecule has 0 N–H and O–H groups in total. The average molecular weight is 282 g/mol. The van der Waals surface area contributed by atoms with Crippen LogP contribution in [0.5, 0.6) is 0 Å². The van der Waals surface area contributed by atoms with Crippen LogP contribution in [-0.2, 0) is 11.3 Å². The number of likely N-dealkylation sites (tertiary alicyclic amines) is 1. The van der Waals surface area contributed by atoms with Crippen LogP contribution in [-0.4, -0.2) is 53.6 Å². The van der Waals surface area contributed by atoms with Gasteiger partial charge in [-0.3, -0.25) is 4.90 Å². The van der Waals surface area contributed by atoms with Crippen LogP contribution in [0.25, 0.3) is 0 Å². The van der Waals surface area contributed by atoms with E-state index in [-0.39, 0.29) is 0 Å². The Morgan fingerprint density at radius 2 is 2.11 bits per heavy atom. The molecule has 3 heterocycles. The van der Waals surface area contributed by atoms with Crippen molar-refractivity contribution >= 4 is 16.7 Å². The highest BCUT2D eigenvalue weighted by Gasteiger charge is 2.28. The predicted molar refractivity (Wildman–Crippen MR) is 76.7 cm³/mol. The van der Waals surface area contributed by atoms with E-state index in [2.05, 4.69) is 19.2 Å². The standard InChI is InChI=1S/C13H22N4OS/c1-18-10-12-14-13(19-15-12)17-8-4-5-11(9-17)16-6-2-3-7-16/h11H,2-10H2,1H3. The maximum absolute atomic E-state index is 5.09. The molecule has 0 saturated carbocycles. The van der Waals surface area contributed by atoms with Gasteiger partial charge >= 0.3 is 0 Å². The zero-order valence-electron chi connectivity index (χ0n) is 11.5. The van der Waals surface area contributed by atoms with Crippen LogP contribution in [0.4, 0.5) is 5.13 Å². The van der Waals surface area contributed by atoms with Gasteiger partial charge in [-0.15, -0.1) is 0 Å². The van der Waals surface area contributed by atoms with E-state index in [9.17, 15) is 0 Å². The first kappa shape index (κ1) is 13.3. The molecule has 1 aromatic heterocycles. The molecule has 1 atom stereocenters. The van der Waals surface area contributed by atoms with Gasteiger partial charge in [0.2, 0.25) is 5.13 Å². The predicted octanol–water partition coefficient (Wildman–Crippen LogP) is 1.75. The lowest BCUT2D eigenvalue weighted by Gasteiger charge is -2.37. The van der Waals surface area contributed by atoms with Crippen LogP contribution < -0.4 is 4.90 Å². The molecule has 0 amide bonds. The Morgan fingerprint density at radius 1 is 1.26 bits per heavy atom. The van der Waals surface area contributed by atoms with E-state index in [0.29, 0.717) is 12.6 Å². The SMILES string of the molecule is COCc1nsc(N2CCCC(N3CCCC3)C2)n1. The van der Waals surface area contributed by atoms with Crippen LogP contribution in [0.3, 0.4) is 0 Å². The lowest BCUT2D eigenvalue weighted by Crippen LogP contribution is -2.47. The van der Waals surface area contributed by atoms with Crippen LogP contribution >= 0.6 is 11.5 Å². The molecule has 0 radical (unpaired) electrons. The minimum absolute atomic E-state index is 0.514. The first-order valence-corrected chi connectivity index (χ1v) is 7.94. The number of hydrogen-bond acceptors (Lipinski definition) is 6. The van der Waals surface area contributed by atoms with Crippen molar-refractivity contribution in [2.24, 2.45) is 0 Å². The molecule has 2 aliphatic rings. The molecule has 2 saturated heterocycles. The van der Waals surface area contributed by atoms with E-state index >= 15 is 0 Å². The van der Waals surface area contributed by atoms with Crippen molar-refractivity contribution in [3.8, 4) is 0 Å². The van der Waals surface area contributed by atoms with Crippen molar-refractivity contribution in [3.05, 3.63) is 5.82 Å². The number of ether oxygens (including phenoxy) is 1. The Morgan fingerprint density at radius 3 is 2.89 bits per heavy atom. The fraction of sp³-hybridized carbons (Fsp3) is 0.846. The summed E-state index contributed by atoms with van der Waals surface area (Å²) in [7, 11) is 1.69. The number of methoxy groups -OCH3 is 1. The van der Waals surface area contributed by atoms with Crippen LogP contribution in [0.15, 0.2) is 0 Å². The van der Waals surface area contributed by atoms with E-state index in [1.54, 1.807) is 7.11 Å². The third-order valence-electron chi connectivity index (χ3n) is 4.05. The van der Waals surface area contributed by atoms with Gasteiger partial charge in [0, 0.05) is 37.8 Å². The molecule has 2 fully saturated rings. The molecular formula is C13H22N4OS. The van der Waals surface area contributed by atoms with Gasteiger partial charge in [0.15, 0.2) is 5.82 Å². The summed E-state index contributed by atoms with van der Waals surface area (Å²) < 4.78 is 9.44. The summed E-state index contributed by atoms with van der Waals surface area (Å²) in [6, 6.07) is 0.714. The maximum atomic E-state index is 5.09. The summed E-state index contributed by atoms with van der Waals surface area (Å²) in [5.74, 6) is 0.811. The molecule has 2 aliphatic heterocycles. The first-order chi connectivity index (χ1) is 9.36. The lowest BCUT2D eigenvalue weighted by molar-refractivity contribution is 0.179. The maximum Gasteiger partial charge on any atom is 0.205 e. The van der Waals surface area contributed by atoms with Gasteiger partial charge in [-0.05, 0) is 38.8 Å². The highest BCUT2D eigenvalue weighted by molar-refractivity contribution is 7.09. The average Bonchev–Trinajstić information content (AvgIpc) is 3.11. The highest BCUT2D eigenvalue weighted by atomic mass is 32.1. The van der Waals surface area contributed by atoms with Crippen molar-refractivity contribution in [1.82, 2.24) is 14.3 Å². The quantitative estimate of drug-likeness (QED) is 0.841. The Kier molecular flexibility index (Phi) is 4.30. The van der Waals surface area contributed by atoms with E-state index in [0.717, 1.165) is 24.0 Å². The summed E-state index contributed by atoms with van der Waals surface area (Å²) in [4.78, 5) is 9.64. The molecule has 0 spiro atoms. The second kappa shape index (κ2) is 6.15. The lowest BCUT2D eigenvalue weighted by atomic mass is 10.1. The third-order valence-corrected chi connectivity index (χ3v) is 4.87. The van der Waals surface area contributed by atoms with Gasteiger partial charge in [0.25, 0.3) is 0 Å². The number of nitrogens with zero attached hydrogens (tertiary/aromatic N) is 4. The third kappa shape index (κ3) is 3.07. The summed E-state index contributed by atoms with van der Waals surface area (Å²) in [5.41, 5.74) is 0. The minimum Gasteiger partial charge on any atom is -0.377 e. The van der Waals surface area contributed by atoms with Crippen LogP contribution in [0.1, 0.15) is 31.5 Å². The smallest absolute Gasteiger partial charge is 0.205 e. The molecule has 5 nitrogen and oxygen atoms in total. The van der Waals surface area contributed by atoms with Crippen molar-refractivity contribution in [3.63, 3.8) is 0 Å².